The summed E-state index contributed by atoms with van der Waals surface area (Å²) in [5.41, 5.74) is 2.32. The maximum absolute atomic E-state index is 12.8. The number of hydrogen-bond acceptors (Lipinski definition) is 3. The average molecular weight is 315 g/mol. The van der Waals surface area contributed by atoms with Gasteiger partial charge in [-0.15, -0.1) is 0 Å². The fraction of sp³-hybridized carbons (Fsp3) is 0.412. The van der Waals surface area contributed by atoms with E-state index in [1.54, 1.807) is 19.1 Å². The Bertz CT molecular complexity index is 679. The molecular formula is C17H21N3O3. The zero-order valence-electron chi connectivity index (χ0n) is 13.8. The number of methoxy groups -OCH3 is 1. The fourth-order valence-electron chi connectivity index (χ4n) is 3.05. The predicted octanol–water partition coefficient (Wildman–Crippen LogP) is 1.90. The van der Waals surface area contributed by atoms with Crippen molar-refractivity contribution >= 4 is 11.9 Å². The van der Waals surface area contributed by atoms with Crippen LogP contribution >= 0.6 is 0 Å². The molecule has 2 heterocycles. The summed E-state index contributed by atoms with van der Waals surface area (Å²) < 4.78 is 5.17. The summed E-state index contributed by atoms with van der Waals surface area (Å²) in [4.78, 5) is 28.4. The van der Waals surface area contributed by atoms with Crippen LogP contribution in [0.3, 0.4) is 0 Å². The van der Waals surface area contributed by atoms with Gasteiger partial charge < -0.3 is 15.0 Å². The third-order valence-electron chi connectivity index (χ3n) is 4.46. The van der Waals surface area contributed by atoms with Crippen LogP contribution in [0.15, 0.2) is 35.5 Å². The molecule has 6 heteroatoms. The number of urea groups is 1. The number of nitrogens with one attached hydrogen (secondary N) is 1. The van der Waals surface area contributed by atoms with Gasteiger partial charge in [-0.05, 0) is 31.5 Å². The lowest BCUT2D eigenvalue weighted by atomic mass is 9.95. The maximum atomic E-state index is 12.8. The van der Waals surface area contributed by atoms with E-state index in [4.69, 9.17) is 4.74 Å². The van der Waals surface area contributed by atoms with E-state index < -0.39 is 6.04 Å². The highest BCUT2D eigenvalue weighted by Gasteiger charge is 2.43. The molecule has 2 aliphatic rings. The Balaban J connectivity index is 2.02. The van der Waals surface area contributed by atoms with E-state index in [1.807, 2.05) is 38.1 Å². The van der Waals surface area contributed by atoms with Gasteiger partial charge in [0, 0.05) is 13.1 Å². The van der Waals surface area contributed by atoms with E-state index >= 15 is 0 Å². The van der Waals surface area contributed by atoms with Crippen LogP contribution in [0.4, 0.5) is 4.79 Å². The predicted molar refractivity (Wildman–Crippen MR) is 85.9 cm³/mol. The Morgan fingerprint density at radius 2 is 1.87 bits per heavy atom. The van der Waals surface area contributed by atoms with Gasteiger partial charge in [0.15, 0.2) is 0 Å². The topological polar surface area (TPSA) is 61.9 Å². The molecule has 0 unspecified atom stereocenters. The van der Waals surface area contributed by atoms with Gasteiger partial charge in [0.25, 0.3) is 5.91 Å². The van der Waals surface area contributed by atoms with Gasteiger partial charge in [-0.25, -0.2) is 4.79 Å². The van der Waals surface area contributed by atoms with Gasteiger partial charge in [-0.1, -0.05) is 12.1 Å². The molecule has 1 aromatic carbocycles. The third-order valence-corrected chi connectivity index (χ3v) is 4.46. The monoisotopic (exact) mass is 315 g/mol. The van der Waals surface area contributed by atoms with Crippen molar-refractivity contribution in [1.82, 2.24) is 15.1 Å². The first kappa shape index (κ1) is 15.4. The van der Waals surface area contributed by atoms with Crippen molar-refractivity contribution in [1.29, 1.82) is 0 Å². The summed E-state index contributed by atoms with van der Waals surface area (Å²) in [5, 5.41) is 2.92. The molecule has 23 heavy (non-hydrogen) atoms. The minimum Gasteiger partial charge on any atom is -0.497 e. The number of ether oxygens (including phenoxy) is 1. The number of rotatable bonds is 3. The molecule has 0 spiro atoms. The van der Waals surface area contributed by atoms with Crippen molar-refractivity contribution in [3.63, 3.8) is 0 Å². The molecule has 122 valence electrons. The second-order valence-corrected chi connectivity index (χ2v) is 6.10. The number of nitrogens with zero attached hydrogens (tertiary/aromatic N) is 2. The van der Waals surface area contributed by atoms with Crippen LogP contribution < -0.4 is 10.1 Å². The van der Waals surface area contributed by atoms with Crippen molar-refractivity contribution in [3.8, 4) is 5.75 Å². The largest absolute Gasteiger partial charge is 0.497 e. The molecule has 0 radical (unpaired) electrons. The molecule has 1 atom stereocenters. The standard InChI is InChI=1S/C17H21N3O3/c1-10(2)20-9-13-14(16(20)21)15(18-17(22)19(13)3)11-5-7-12(23-4)8-6-11/h5-8,10,15H,9H2,1-4H3,(H,18,22)/t15-/m0/s1. The van der Waals surface area contributed by atoms with Gasteiger partial charge in [0.1, 0.15) is 5.75 Å². The number of likely N-dealkylation sites (N-methyl/N-ethyl adjacent to an activating group) is 1. The Kier molecular flexibility index (Phi) is 3.75. The number of carbonyl (C=O) groups excluding carboxylic acids is 2. The summed E-state index contributed by atoms with van der Waals surface area (Å²) in [6.45, 7) is 4.43. The van der Waals surface area contributed by atoms with Crippen LogP contribution in [0.5, 0.6) is 5.75 Å². The fourth-order valence-corrected chi connectivity index (χ4v) is 3.05. The number of carbonyl (C=O) groups is 2. The molecule has 0 saturated heterocycles. The zero-order chi connectivity index (χ0) is 16.7. The van der Waals surface area contributed by atoms with Gasteiger partial charge in [-0.2, -0.15) is 0 Å². The van der Waals surface area contributed by atoms with Crippen molar-refractivity contribution < 1.29 is 14.3 Å². The van der Waals surface area contributed by atoms with Gasteiger partial charge >= 0.3 is 6.03 Å². The van der Waals surface area contributed by atoms with E-state index in [-0.39, 0.29) is 18.0 Å². The third kappa shape index (κ3) is 2.44. The Morgan fingerprint density at radius 1 is 1.22 bits per heavy atom. The lowest BCUT2D eigenvalue weighted by Crippen LogP contribution is -2.45. The number of hydrogen-bond donors (Lipinski definition) is 1. The van der Waals surface area contributed by atoms with Crippen LogP contribution in [0.2, 0.25) is 0 Å². The molecule has 3 rings (SSSR count). The second-order valence-electron chi connectivity index (χ2n) is 6.10. The van der Waals surface area contributed by atoms with Crippen LogP contribution in [0.25, 0.3) is 0 Å². The Labute approximate surface area is 135 Å². The molecule has 6 nitrogen and oxygen atoms in total. The first-order valence-electron chi connectivity index (χ1n) is 7.66. The first-order chi connectivity index (χ1) is 10.9. The normalized spacial score (nSPS) is 21.0. The van der Waals surface area contributed by atoms with E-state index in [1.165, 1.54) is 4.90 Å². The molecule has 1 N–H and O–H groups in total. The average Bonchev–Trinajstić information content (AvgIpc) is 2.89. The lowest BCUT2D eigenvalue weighted by molar-refractivity contribution is -0.127. The number of amides is 3. The summed E-state index contributed by atoms with van der Waals surface area (Å²) in [6, 6.07) is 6.90. The molecule has 1 aromatic rings. The summed E-state index contributed by atoms with van der Waals surface area (Å²) in [7, 11) is 3.31. The molecule has 0 saturated carbocycles. The van der Waals surface area contributed by atoms with Crippen LogP contribution in [0, 0.1) is 0 Å². The van der Waals surface area contributed by atoms with E-state index in [9.17, 15) is 9.59 Å². The first-order valence-corrected chi connectivity index (χ1v) is 7.66. The Morgan fingerprint density at radius 3 is 2.43 bits per heavy atom. The van der Waals surface area contributed by atoms with Crippen LogP contribution in [-0.4, -0.2) is 48.5 Å². The molecule has 0 aromatic heterocycles. The summed E-state index contributed by atoms with van der Waals surface area (Å²) in [5.74, 6) is 0.728. The minimum absolute atomic E-state index is 0.0114. The van der Waals surface area contributed by atoms with Crippen LogP contribution in [0.1, 0.15) is 25.5 Å². The van der Waals surface area contributed by atoms with Crippen LogP contribution in [-0.2, 0) is 4.79 Å². The maximum Gasteiger partial charge on any atom is 0.322 e. The smallest absolute Gasteiger partial charge is 0.322 e. The lowest BCUT2D eigenvalue weighted by Gasteiger charge is -2.31. The second kappa shape index (κ2) is 5.61. The molecule has 3 amide bonds. The van der Waals surface area contributed by atoms with E-state index in [0.717, 1.165) is 17.0 Å². The molecule has 0 aliphatic carbocycles. The molecule has 0 fully saturated rings. The van der Waals surface area contributed by atoms with Crippen molar-refractivity contribution in [2.45, 2.75) is 25.9 Å². The van der Waals surface area contributed by atoms with E-state index in [0.29, 0.717) is 12.1 Å². The Hall–Kier alpha value is -2.50. The molecule has 2 aliphatic heterocycles. The highest BCUT2D eigenvalue weighted by molar-refractivity contribution is 6.01. The van der Waals surface area contributed by atoms with E-state index in [2.05, 4.69) is 5.32 Å². The molecular weight excluding hydrogens is 294 g/mol. The SMILES string of the molecule is COc1ccc([C@@H]2NC(=O)N(C)C3=C2C(=O)N(C(C)C)C3)cc1. The quantitative estimate of drug-likeness (QED) is 0.926. The highest BCUT2D eigenvalue weighted by atomic mass is 16.5. The summed E-state index contributed by atoms with van der Waals surface area (Å²) in [6.07, 6.45) is 0. The minimum atomic E-state index is -0.421. The van der Waals surface area contributed by atoms with Crippen molar-refractivity contribution in [2.75, 3.05) is 20.7 Å². The van der Waals surface area contributed by atoms with Gasteiger partial charge in [0.05, 0.1) is 31.0 Å². The van der Waals surface area contributed by atoms with Gasteiger partial charge in [-0.3, -0.25) is 9.69 Å². The zero-order valence-corrected chi connectivity index (χ0v) is 13.8. The van der Waals surface area contributed by atoms with Crippen molar-refractivity contribution in [2.24, 2.45) is 0 Å². The summed E-state index contributed by atoms with van der Waals surface area (Å²) >= 11 is 0. The van der Waals surface area contributed by atoms with Crippen molar-refractivity contribution in [3.05, 3.63) is 41.1 Å². The number of benzene rings is 1. The highest BCUT2D eigenvalue weighted by Crippen LogP contribution is 2.36. The molecule has 0 bridgehead atoms. The van der Waals surface area contributed by atoms with Gasteiger partial charge in [0.2, 0.25) is 0 Å².